The summed E-state index contributed by atoms with van der Waals surface area (Å²) in [4.78, 5) is 17.4. The highest BCUT2D eigenvalue weighted by atomic mass is 32.1. The van der Waals surface area contributed by atoms with Crippen molar-refractivity contribution in [2.24, 2.45) is 5.92 Å². The lowest BCUT2D eigenvalue weighted by Gasteiger charge is -2.45. The lowest BCUT2D eigenvalue weighted by atomic mass is 9.79. The van der Waals surface area contributed by atoms with Crippen molar-refractivity contribution in [2.45, 2.75) is 43.8 Å². The standard InChI is InChI=1S/C22H25NO3S/c24-17-12-16(13-17)21(25)23-9-7-22(8-10-23)18-14-20(15-4-2-1-3-5-15)27-19(18)6-11-26-22/h1-5,14,16-17,24H,6-13H2. The van der Waals surface area contributed by atoms with Crippen molar-refractivity contribution >= 4 is 17.2 Å². The zero-order chi connectivity index (χ0) is 18.4. The molecule has 1 saturated heterocycles. The van der Waals surface area contributed by atoms with Crippen molar-refractivity contribution in [2.75, 3.05) is 19.7 Å². The molecule has 1 aromatic heterocycles. The van der Waals surface area contributed by atoms with Gasteiger partial charge in [0.25, 0.3) is 0 Å². The fraction of sp³-hybridized carbons (Fsp3) is 0.500. The number of hydrogen-bond acceptors (Lipinski definition) is 4. The Morgan fingerprint density at radius 3 is 2.63 bits per heavy atom. The summed E-state index contributed by atoms with van der Waals surface area (Å²) in [5.41, 5.74) is 2.39. The maximum atomic E-state index is 12.6. The van der Waals surface area contributed by atoms with E-state index in [2.05, 4.69) is 36.4 Å². The molecule has 5 rings (SSSR count). The molecule has 0 radical (unpaired) electrons. The summed E-state index contributed by atoms with van der Waals surface area (Å²) in [5.74, 6) is 0.254. The van der Waals surface area contributed by atoms with Crippen LogP contribution in [0.2, 0.25) is 0 Å². The summed E-state index contributed by atoms with van der Waals surface area (Å²) < 4.78 is 6.36. The molecule has 2 aromatic rings. The largest absolute Gasteiger partial charge is 0.393 e. The van der Waals surface area contributed by atoms with Gasteiger partial charge in [-0.15, -0.1) is 11.3 Å². The third-order valence-electron chi connectivity index (χ3n) is 6.41. The molecule has 142 valence electrons. The Hall–Kier alpha value is -1.69. The monoisotopic (exact) mass is 383 g/mol. The summed E-state index contributed by atoms with van der Waals surface area (Å²) >= 11 is 1.89. The first kappa shape index (κ1) is 17.4. The predicted octanol–water partition coefficient (Wildman–Crippen LogP) is 3.58. The Morgan fingerprint density at radius 1 is 1.19 bits per heavy atom. The summed E-state index contributed by atoms with van der Waals surface area (Å²) in [6.45, 7) is 2.27. The minimum atomic E-state index is -0.276. The number of rotatable bonds is 2. The molecule has 3 aliphatic rings. The number of nitrogens with zero attached hydrogens (tertiary/aromatic N) is 1. The molecule has 5 heteroatoms. The van der Waals surface area contributed by atoms with E-state index < -0.39 is 0 Å². The number of carbonyl (C=O) groups is 1. The third kappa shape index (κ3) is 3.02. The van der Waals surface area contributed by atoms with Gasteiger partial charge in [-0.05, 0) is 42.9 Å². The number of carbonyl (C=O) groups excluding carboxylic acids is 1. The number of ether oxygens (including phenoxy) is 1. The van der Waals surface area contributed by atoms with E-state index in [4.69, 9.17) is 4.74 Å². The number of piperidine rings is 1. The van der Waals surface area contributed by atoms with Gasteiger partial charge in [-0.3, -0.25) is 4.79 Å². The first-order chi connectivity index (χ1) is 13.1. The average molecular weight is 384 g/mol. The molecule has 1 saturated carbocycles. The van der Waals surface area contributed by atoms with E-state index in [-0.39, 0.29) is 23.5 Å². The van der Waals surface area contributed by atoms with Gasteiger partial charge in [0.1, 0.15) is 0 Å². The summed E-state index contributed by atoms with van der Waals surface area (Å²) in [7, 11) is 0. The maximum absolute atomic E-state index is 12.6. The molecule has 0 atom stereocenters. The second kappa shape index (κ2) is 6.73. The van der Waals surface area contributed by atoms with Gasteiger partial charge in [0.2, 0.25) is 5.91 Å². The molecule has 1 aliphatic carbocycles. The molecule has 27 heavy (non-hydrogen) atoms. The lowest BCUT2D eigenvalue weighted by Crippen LogP contribution is -2.51. The van der Waals surface area contributed by atoms with Crippen molar-refractivity contribution in [3.63, 3.8) is 0 Å². The third-order valence-corrected chi connectivity index (χ3v) is 7.65. The van der Waals surface area contributed by atoms with E-state index in [0.29, 0.717) is 12.8 Å². The van der Waals surface area contributed by atoms with Crippen LogP contribution < -0.4 is 0 Å². The molecule has 1 aromatic carbocycles. The Labute approximate surface area is 163 Å². The molecular weight excluding hydrogens is 358 g/mol. The average Bonchev–Trinajstić information content (AvgIpc) is 3.12. The maximum Gasteiger partial charge on any atom is 0.225 e. The molecule has 3 heterocycles. The first-order valence-electron chi connectivity index (χ1n) is 9.94. The second-order valence-electron chi connectivity index (χ2n) is 8.05. The van der Waals surface area contributed by atoms with Gasteiger partial charge in [-0.2, -0.15) is 0 Å². The van der Waals surface area contributed by atoms with Gasteiger partial charge in [0.05, 0.1) is 18.3 Å². The van der Waals surface area contributed by atoms with Crippen LogP contribution in [0, 0.1) is 5.92 Å². The second-order valence-corrected chi connectivity index (χ2v) is 9.19. The smallest absolute Gasteiger partial charge is 0.225 e. The Morgan fingerprint density at radius 2 is 1.93 bits per heavy atom. The molecule has 0 bridgehead atoms. The van der Waals surface area contributed by atoms with Gasteiger partial charge in [0.15, 0.2) is 0 Å². The van der Waals surface area contributed by atoms with Crippen LogP contribution in [-0.4, -0.2) is 41.7 Å². The van der Waals surface area contributed by atoms with Gasteiger partial charge in [0, 0.05) is 35.2 Å². The lowest BCUT2D eigenvalue weighted by molar-refractivity contribution is -0.150. The van der Waals surface area contributed by atoms with Crippen LogP contribution in [0.15, 0.2) is 36.4 Å². The van der Waals surface area contributed by atoms with Crippen LogP contribution in [0.3, 0.4) is 0 Å². The van der Waals surface area contributed by atoms with Crippen LogP contribution in [0.4, 0.5) is 0 Å². The topological polar surface area (TPSA) is 49.8 Å². The van der Waals surface area contributed by atoms with Gasteiger partial charge in [-0.25, -0.2) is 0 Å². The Kier molecular flexibility index (Phi) is 4.34. The first-order valence-corrected chi connectivity index (χ1v) is 10.8. The quantitative estimate of drug-likeness (QED) is 0.862. The summed E-state index contributed by atoms with van der Waals surface area (Å²) in [6, 6.07) is 12.9. The number of hydrogen-bond donors (Lipinski definition) is 1. The van der Waals surface area contributed by atoms with Gasteiger partial charge in [-0.1, -0.05) is 30.3 Å². The highest BCUT2D eigenvalue weighted by molar-refractivity contribution is 7.15. The molecule has 4 nitrogen and oxygen atoms in total. The number of aliphatic hydroxyl groups is 1. The molecule has 0 unspecified atom stereocenters. The van der Waals surface area contributed by atoms with E-state index >= 15 is 0 Å². The molecule has 1 N–H and O–H groups in total. The van der Waals surface area contributed by atoms with E-state index in [9.17, 15) is 9.90 Å². The number of thiophene rings is 1. The highest BCUT2D eigenvalue weighted by Crippen LogP contribution is 2.47. The number of aliphatic hydroxyl groups excluding tert-OH is 1. The number of likely N-dealkylation sites (tertiary alicyclic amines) is 1. The van der Waals surface area contributed by atoms with Gasteiger partial charge >= 0.3 is 0 Å². The van der Waals surface area contributed by atoms with Crippen molar-refractivity contribution in [3.8, 4) is 10.4 Å². The predicted molar refractivity (Wildman–Crippen MR) is 106 cm³/mol. The Balaban J connectivity index is 1.35. The zero-order valence-electron chi connectivity index (χ0n) is 15.4. The minimum absolute atomic E-state index is 0.0303. The fourth-order valence-electron chi connectivity index (χ4n) is 4.71. The van der Waals surface area contributed by atoms with E-state index in [1.807, 2.05) is 16.2 Å². The van der Waals surface area contributed by atoms with Crippen molar-refractivity contribution in [1.29, 1.82) is 0 Å². The SMILES string of the molecule is O=C(C1CC(O)C1)N1CCC2(CC1)OCCc1sc(-c3ccccc3)cc12. The summed E-state index contributed by atoms with van der Waals surface area (Å²) in [5, 5.41) is 9.48. The molecular formula is C22H25NO3S. The van der Waals surface area contributed by atoms with Crippen LogP contribution in [0.25, 0.3) is 10.4 Å². The summed E-state index contributed by atoms with van der Waals surface area (Å²) in [6.07, 6.45) is 3.70. The number of benzene rings is 1. The van der Waals surface area contributed by atoms with Crippen molar-refractivity contribution < 1.29 is 14.6 Å². The van der Waals surface area contributed by atoms with Crippen LogP contribution in [0.1, 0.15) is 36.1 Å². The van der Waals surface area contributed by atoms with E-state index in [1.165, 1.54) is 20.9 Å². The van der Waals surface area contributed by atoms with E-state index in [0.717, 1.165) is 39.0 Å². The number of fused-ring (bicyclic) bond motifs is 2. The number of amides is 1. The fourth-order valence-corrected chi connectivity index (χ4v) is 5.95. The molecule has 1 spiro atoms. The normalized spacial score (nSPS) is 26.5. The molecule has 2 fully saturated rings. The van der Waals surface area contributed by atoms with Crippen LogP contribution in [0.5, 0.6) is 0 Å². The molecule has 2 aliphatic heterocycles. The Bertz CT molecular complexity index is 832. The van der Waals surface area contributed by atoms with Crippen molar-refractivity contribution in [3.05, 3.63) is 46.8 Å². The van der Waals surface area contributed by atoms with Crippen LogP contribution >= 0.6 is 11.3 Å². The molecule has 1 amide bonds. The van der Waals surface area contributed by atoms with Crippen molar-refractivity contribution in [1.82, 2.24) is 4.90 Å². The van der Waals surface area contributed by atoms with Gasteiger partial charge < -0.3 is 14.7 Å². The highest BCUT2D eigenvalue weighted by Gasteiger charge is 2.44. The van der Waals surface area contributed by atoms with E-state index in [1.54, 1.807) is 0 Å². The zero-order valence-corrected chi connectivity index (χ0v) is 16.2. The minimum Gasteiger partial charge on any atom is -0.393 e. The van der Waals surface area contributed by atoms with Crippen LogP contribution in [-0.2, 0) is 21.6 Å².